The lowest BCUT2D eigenvalue weighted by Crippen LogP contribution is -2.11. The number of rotatable bonds is 5. The van der Waals surface area contributed by atoms with E-state index in [1.165, 1.54) is 30.6 Å². The molecule has 0 aliphatic heterocycles. The van der Waals surface area contributed by atoms with Crippen molar-refractivity contribution in [2.75, 3.05) is 19.5 Å². The first-order valence-corrected chi connectivity index (χ1v) is 9.60. The number of benzene rings is 2. The maximum atomic E-state index is 13.3. The van der Waals surface area contributed by atoms with E-state index in [0.29, 0.717) is 22.1 Å². The fraction of sp³-hybridized carbons (Fsp3) is 0.143. The minimum absolute atomic E-state index is 0.261. The Morgan fingerprint density at radius 3 is 2.55 bits per heavy atom. The van der Waals surface area contributed by atoms with Crippen molar-refractivity contribution in [2.45, 2.75) is 6.92 Å². The Hall–Kier alpha value is -3.39. The molecule has 148 valence electrons. The van der Waals surface area contributed by atoms with Crippen LogP contribution < -0.4 is 14.8 Å². The van der Waals surface area contributed by atoms with Gasteiger partial charge in [0.15, 0.2) is 0 Å². The van der Waals surface area contributed by atoms with Gasteiger partial charge in [-0.05, 0) is 49.4 Å². The average Bonchev–Trinajstić information content (AvgIpc) is 3.29. The largest absolute Gasteiger partial charge is 0.497 e. The van der Waals surface area contributed by atoms with Crippen LogP contribution in [0.25, 0.3) is 15.9 Å². The first-order valence-electron chi connectivity index (χ1n) is 8.78. The second-order valence-corrected chi connectivity index (χ2v) is 7.35. The third-order valence-electron chi connectivity index (χ3n) is 4.49. The van der Waals surface area contributed by atoms with Gasteiger partial charge in [0.25, 0.3) is 5.91 Å². The Kier molecular flexibility index (Phi) is 4.94. The van der Waals surface area contributed by atoms with E-state index in [4.69, 9.17) is 9.47 Å². The summed E-state index contributed by atoms with van der Waals surface area (Å²) >= 11 is 1.32. The highest BCUT2D eigenvalue weighted by Gasteiger charge is 2.18. The number of hydrogen-bond donors (Lipinski definition) is 1. The normalized spacial score (nSPS) is 10.9. The molecule has 6 nitrogen and oxygen atoms in total. The van der Waals surface area contributed by atoms with Crippen molar-refractivity contribution in [2.24, 2.45) is 0 Å². The Morgan fingerprint density at radius 1 is 1.10 bits per heavy atom. The summed E-state index contributed by atoms with van der Waals surface area (Å²) in [5.74, 6) is 0.573. The van der Waals surface area contributed by atoms with E-state index in [9.17, 15) is 9.18 Å². The summed E-state index contributed by atoms with van der Waals surface area (Å²) in [4.78, 5) is 14.2. The van der Waals surface area contributed by atoms with Gasteiger partial charge in [-0.3, -0.25) is 4.79 Å². The highest BCUT2D eigenvalue weighted by atomic mass is 32.1. The van der Waals surface area contributed by atoms with Crippen LogP contribution in [-0.2, 0) is 0 Å². The quantitative estimate of drug-likeness (QED) is 0.512. The Morgan fingerprint density at radius 2 is 1.86 bits per heavy atom. The minimum Gasteiger partial charge on any atom is -0.497 e. The summed E-state index contributed by atoms with van der Waals surface area (Å²) in [7, 11) is 3.10. The molecule has 0 aliphatic carbocycles. The summed E-state index contributed by atoms with van der Waals surface area (Å²) in [6.45, 7) is 1.88. The molecule has 2 aromatic heterocycles. The van der Waals surface area contributed by atoms with Crippen molar-refractivity contribution in [3.8, 4) is 17.2 Å². The molecule has 2 aromatic carbocycles. The number of amides is 1. The number of halogens is 1. The molecule has 2 heterocycles. The molecular formula is C21H18FN3O3S. The molecule has 0 unspecified atom stereocenters. The second kappa shape index (κ2) is 7.56. The number of hydrogen-bond acceptors (Lipinski definition) is 5. The summed E-state index contributed by atoms with van der Waals surface area (Å²) < 4.78 is 25.5. The molecule has 4 aromatic rings. The van der Waals surface area contributed by atoms with Gasteiger partial charge in [0.05, 0.1) is 36.2 Å². The number of ether oxygens (including phenoxy) is 2. The van der Waals surface area contributed by atoms with E-state index >= 15 is 0 Å². The standard InChI is InChI=1S/C21H18FN3O3S/c1-12-16-11-19(20(26)23-17-10-15(27-2)8-9-18(17)28-3)29-21(16)25(24-12)14-6-4-13(22)5-7-14/h4-11H,1-3H3,(H,23,26). The number of thiophene rings is 1. The second-order valence-electron chi connectivity index (χ2n) is 6.32. The number of fused-ring (bicyclic) bond motifs is 1. The van der Waals surface area contributed by atoms with Gasteiger partial charge in [0.1, 0.15) is 22.1 Å². The third kappa shape index (κ3) is 3.54. The maximum Gasteiger partial charge on any atom is 0.265 e. The first-order chi connectivity index (χ1) is 14.0. The zero-order valence-electron chi connectivity index (χ0n) is 16.0. The van der Waals surface area contributed by atoms with E-state index < -0.39 is 0 Å². The number of nitrogens with zero attached hydrogens (tertiary/aromatic N) is 2. The maximum absolute atomic E-state index is 13.3. The Labute approximate surface area is 170 Å². The Bertz CT molecular complexity index is 1200. The molecular weight excluding hydrogens is 393 g/mol. The Balaban J connectivity index is 1.69. The first kappa shape index (κ1) is 18.9. The monoisotopic (exact) mass is 411 g/mol. The van der Waals surface area contributed by atoms with Crippen LogP contribution in [0.3, 0.4) is 0 Å². The van der Waals surface area contributed by atoms with Crippen LogP contribution in [0.5, 0.6) is 11.5 Å². The van der Waals surface area contributed by atoms with Crippen molar-refractivity contribution in [3.05, 3.63) is 64.9 Å². The smallest absolute Gasteiger partial charge is 0.265 e. The molecule has 0 bridgehead atoms. The summed E-state index contributed by atoms with van der Waals surface area (Å²) in [5, 5.41) is 8.27. The van der Waals surface area contributed by atoms with Crippen molar-refractivity contribution < 1.29 is 18.7 Å². The van der Waals surface area contributed by atoms with Crippen LogP contribution >= 0.6 is 11.3 Å². The fourth-order valence-corrected chi connectivity index (χ4v) is 4.09. The fourth-order valence-electron chi connectivity index (χ4n) is 3.01. The van der Waals surface area contributed by atoms with Crippen LogP contribution in [0, 0.1) is 12.7 Å². The zero-order valence-corrected chi connectivity index (χ0v) is 16.8. The van der Waals surface area contributed by atoms with Crippen molar-refractivity contribution in [1.82, 2.24) is 9.78 Å². The molecule has 0 atom stereocenters. The summed E-state index contributed by atoms with van der Waals surface area (Å²) in [6, 6.07) is 13.1. The average molecular weight is 411 g/mol. The molecule has 0 fully saturated rings. The number of anilines is 1. The van der Waals surface area contributed by atoms with Crippen molar-refractivity contribution in [1.29, 1.82) is 0 Å². The molecule has 0 aliphatic rings. The van der Waals surface area contributed by atoms with Gasteiger partial charge in [-0.25, -0.2) is 9.07 Å². The van der Waals surface area contributed by atoms with Crippen LogP contribution in [0.15, 0.2) is 48.5 Å². The molecule has 0 saturated heterocycles. The molecule has 1 amide bonds. The van der Waals surface area contributed by atoms with Gasteiger partial charge in [-0.1, -0.05) is 0 Å². The molecule has 8 heteroatoms. The summed E-state index contributed by atoms with van der Waals surface area (Å²) in [6.07, 6.45) is 0. The van der Waals surface area contributed by atoms with E-state index in [0.717, 1.165) is 21.6 Å². The number of aromatic nitrogens is 2. The third-order valence-corrected chi connectivity index (χ3v) is 5.60. The molecule has 1 N–H and O–H groups in total. The predicted octanol–water partition coefficient (Wildman–Crippen LogP) is 4.80. The van der Waals surface area contributed by atoms with Crippen LogP contribution in [-0.4, -0.2) is 29.9 Å². The van der Waals surface area contributed by atoms with E-state index in [-0.39, 0.29) is 11.7 Å². The minimum atomic E-state index is -0.313. The number of methoxy groups -OCH3 is 2. The predicted molar refractivity (Wildman–Crippen MR) is 111 cm³/mol. The molecule has 0 spiro atoms. The lowest BCUT2D eigenvalue weighted by molar-refractivity contribution is 0.103. The van der Waals surface area contributed by atoms with Crippen molar-refractivity contribution >= 4 is 33.1 Å². The summed E-state index contributed by atoms with van der Waals surface area (Å²) in [5.41, 5.74) is 2.04. The lowest BCUT2D eigenvalue weighted by Gasteiger charge is -2.11. The lowest BCUT2D eigenvalue weighted by atomic mass is 10.2. The topological polar surface area (TPSA) is 65.4 Å². The molecule has 0 radical (unpaired) electrons. The highest BCUT2D eigenvalue weighted by molar-refractivity contribution is 7.20. The van der Waals surface area contributed by atoms with E-state index in [1.807, 2.05) is 13.0 Å². The number of carbonyl (C=O) groups is 1. The van der Waals surface area contributed by atoms with Crippen LogP contribution in [0.4, 0.5) is 10.1 Å². The van der Waals surface area contributed by atoms with Gasteiger partial charge in [-0.15, -0.1) is 11.3 Å². The van der Waals surface area contributed by atoms with Gasteiger partial charge in [0.2, 0.25) is 0 Å². The van der Waals surface area contributed by atoms with Gasteiger partial charge >= 0.3 is 0 Å². The SMILES string of the molecule is COc1ccc(OC)c(NC(=O)c2cc3c(C)nn(-c4ccc(F)cc4)c3s2)c1. The van der Waals surface area contributed by atoms with Gasteiger partial charge < -0.3 is 14.8 Å². The number of nitrogens with one attached hydrogen (secondary N) is 1. The van der Waals surface area contributed by atoms with Crippen LogP contribution in [0.1, 0.15) is 15.4 Å². The molecule has 4 rings (SSSR count). The number of carbonyl (C=O) groups excluding carboxylic acids is 1. The van der Waals surface area contributed by atoms with E-state index in [1.54, 1.807) is 42.1 Å². The highest BCUT2D eigenvalue weighted by Crippen LogP contribution is 2.33. The van der Waals surface area contributed by atoms with Gasteiger partial charge in [-0.2, -0.15) is 5.10 Å². The number of aryl methyl sites for hydroxylation is 1. The molecule has 29 heavy (non-hydrogen) atoms. The van der Waals surface area contributed by atoms with Crippen LogP contribution in [0.2, 0.25) is 0 Å². The molecule has 0 saturated carbocycles. The van der Waals surface area contributed by atoms with E-state index in [2.05, 4.69) is 10.4 Å². The van der Waals surface area contributed by atoms with Crippen molar-refractivity contribution in [3.63, 3.8) is 0 Å². The van der Waals surface area contributed by atoms with Gasteiger partial charge in [0, 0.05) is 11.5 Å². The zero-order chi connectivity index (χ0) is 20.5.